The first-order chi connectivity index (χ1) is 9.69. The van der Waals surface area contributed by atoms with Gasteiger partial charge < -0.3 is 10.5 Å². The molecule has 0 spiro atoms. The number of ether oxygens (including phenoxy) is 1. The second kappa shape index (κ2) is 7.02. The Morgan fingerprint density at radius 1 is 1.35 bits per heavy atom. The normalized spacial score (nSPS) is 14.2. The largest absolute Gasteiger partial charge is 0.375 e. The van der Waals surface area contributed by atoms with Crippen molar-refractivity contribution in [2.45, 2.75) is 32.0 Å². The molecule has 2 atom stereocenters. The van der Waals surface area contributed by atoms with Crippen molar-refractivity contribution < 1.29 is 4.74 Å². The van der Waals surface area contributed by atoms with E-state index in [1.807, 2.05) is 35.0 Å². The van der Waals surface area contributed by atoms with Crippen LogP contribution in [0.1, 0.15) is 36.7 Å². The maximum Gasteiger partial charge on any atom is 0.103 e. The Morgan fingerprint density at radius 2 is 2.05 bits per heavy atom. The number of rotatable bonds is 6. The van der Waals surface area contributed by atoms with Crippen LogP contribution in [0.5, 0.6) is 0 Å². The minimum atomic E-state index is -0.272. The van der Waals surface area contributed by atoms with Gasteiger partial charge in [0, 0.05) is 13.7 Å². The molecule has 0 fully saturated rings. The lowest BCUT2D eigenvalue weighted by Crippen LogP contribution is -2.25. The maximum absolute atomic E-state index is 6.44. The summed E-state index contributed by atoms with van der Waals surface area (Å²) in [6.07, 6.45) is 2.61. The van der Waals surface area contributed by atoms with E-state index in [4.69, 9.17) is 10.5 Å². The molecule has 5 heteroatoms. The van der Waals surface area contributed by atoms with E-state index in [0.717, 1.165) is 28.7 Å². The molecule has 0 aliphatic rings. The molecule has 0 aliphatic heterocycles. The highest BCUT2D eigenvalue weighted by Crippen LogP contribution is 2.33. The van der Waals surface area contributed by atoms with Gasteiger partial charge in [-0.15, -0.1) is 0 Å². The molecule has 1 aromatic carbocycles. The quantitative estimate of drug-likeness (QED) is 0.878. The third-order valence-electron chi connectivity index (χ3n) is 3.29. The van der Waals surface area contributed by atoms with Crippen LogP contribution >= 0.6 is 15.9 Å². The molecule has 2 N–H and O–H groups in total. The summed E-state index contributed by atoms with van der Waals surface area (Å²) in [5.74, 6) is 0. The third kappa shape index (κ3) is 3.11. The fourth-order valence-corrected chi connectivity index (χ4v) is 2.93. The first kappa shape index (κ1) is 15.2. The smallest absolute Gasteiger partial charge is 0.103 e. The Balaban J connectivity index is 2.34. The molecule has 2 rings (SSSR count). The zero-order chi connectivity index (χ0) is 14.5. The fraction of sp³-hybridized carbons (Fsp3) is 0.400. The van der Waals surface area contributed by atoms with Gasteiger partial charge in [-0.3, -0.25) is 4.68 Å². The van der Waals surface area contributed by atoms with Gasteiger partial charge in [-0.25, -0.2) is 0 Å². The number of aromatic nitrogens is 2. The van der Waals surface area contributed by atoms with Crippen molar-refractivity contribution in [2.24, 2.45) is 5.73 Å². The van der Waals surface area contributed by atoms with Gasteiger partial charge >= 0.3 is 0 Å². The minimum Gasteiger partial charge on any atom is -0.375 e. The number of nitrogens with zero attached hydrogens (tertiary/aromatic N) is 2. The van der Waals surface area contributed by atoms with Crippen LogP contribution in [0, 0.1) is 0 Å². The molecule has 0 amide bonds. The summed E-state index contributed by atoms with van der Waals surface area (Å²) in [5.41, 5.74) is 8.49. The summed E-state index contributed by atoms with van der Waals surface area (Å²) < 4.78 is 8.50. The molecular formula is C15H20BrN3O. The van der Waals surface area contributed by atoms with Crippen LogP contribution in [0.2, 0.25) is 0 Å². The fourth-order valence-electron chi connectivity index (χ4n) is 2.37. The topological polar surface area (TPSA) is 53.1 Å². The van der Waals surface area contributed by atoms with Gasteiger partial charge in [0.1, 0.15) is 6.10 Å². The van der Waals surface area contributed by atoms with Crippen molar-refractivity contribution in [2.75, 3.05) is 7.11 Å². The van der Waals surface area contributed by atoms with Crippen molar-refractivity contribution in [3.63, 3.8) is 0 Å². The van der Waals surface area contributed by atoms with Crippen LogP contribution in [-0.4, -0.2) is 16.9 Å². The molecule has 2 unspecified atom stereocenters. The molecule has 0 bridgehead atoms. The predicted molar refractivity (Wildman–Crippen MR) is 83.3 cm³/mol. The van der Waals surface area contributed by atoms with E-state index in [9.17, 15) is 0 Å². The zero-order valence-electron chi connectivity index (χ0n) is 11.8. The summed E-state index contributed by atoms with van der Waals surface area (Å²) in [7, 11) is 1.69. The Morgan fingerprint density at radius 3 is 2.65 bits per heavy atom. The standard InChI is InChI=1S/C15H20BrN3O/c1-3-9-19-14(12(16)10-18-19)13(17)15(20-2)11-7-5-4-6-8-11/h4-8,10,13,15H,3,9,17H2,1-2H3. The van der Waals surface area contributed by atoms with Crippen LogP contribution in [0.15, 0.2) is 41.0 Å². The molecule has 1 heterocycles. The number of halogens is 1. The van der Waals surface area contributed by atoms with Gasteiger partial charge in [0.15, 0.2) is 0 Å². The van der Waals surface area contributed by atoms with E-state index in [2.05, 4.69) is 28.0 Å². The van der Waals surface area contributed by atoms with Crippen LogP contribution in [0.3, 0.4) is 0 Å². The Labute approximate surface area is 128 Å². The monoisotopic (exact) mass is 337 g/mol. The summed E-state index contributed by atoms with van der Waals surface area (Å²) in [6.45, 7) is 2.97. The molecule has 0 saturated heterocycles. The van der Waals surface area contributed by atoms with Crippen LogP contribution in [0.4, 0.5) is 0 Å². The van der Waals surface area contributed by atoms with Crippen molar-refractivity contribution >= 4 is 15.9 Å². The lowest BCUT2D eigenvalue weighted by atomic mass is 10.00. The highest BCUT2D eigenvalue weighted by molar-refractivity contribution is 9.10. The van der Waals surface area contributed by atoms with Gasteiger partial charge in [0.25, 0.3) is 0 Å². The minimum absolute atomic E-state index is 0.195. The second-order valence-electron chi connectivity index (χ2n) is 4.69. The van der Waals surface area contributed by atoms with E-state index in [1.165, 1.54) is 0 Å². The van der Waals surface area contributed by atoms with E-state index in [-0.39, 0.29) is 12.1 Å². The molecular weight excluding hydrogens is 318 g/mol. The molecule has 0 aliphatic carbocycles. The lowest BCUT2D eigenvalue weighted by molar-refractivity contribution is 0.0772. The molecule has 0 radical (unpaired) electrons. The molecule has 2 aromatic rings. The van der Waals surface area contributed by atoms with Crippen molar-refractivity contribution in [3.8, 4) is 0 Å². The van der Waals surface area contributed by atoms with Crippen molar-refractivity contribution in [1.82, 2.24) is 9.78 Å². The van der Waals surface area contributed by atoms with E-state index in [1.54, 1.807) is 13.3 Å². The van der Waals surface area contributed by atoms with Gasteiger partial charge in [0.2, 0.25) is 0 Å². The second-order valence-corrected chi connectivity index (χ2v) is 5.55. The Hall–Kier alpha value is -1.17. The molecule has 0 saturated carbocycles. The average molecular weight is 338 g/mol. The van der Waals surface area contributed by atoms with Gasteiger partial charge in [0.05, 0.1) is 22.4 Å². The number of hydrogen-bond acceptors (Lipinski definition) is 3. The zero-order valence-corrected chi connectivity index (χ0v) is 13.4. The first-order valence-corrected chi connectivity index (χ1v) is 7.52. The Bertz CT molecular complexity index is 541. The van der Waals surface area contributed by atoms with Crippen molar-refractivity contribution in [3.05, 3.63) is 52.3 Å². The van der Waals surface area contributed by atoms with Crippen LogP contribution in [-0.2, 0) is 11.3 Å². The van der Waals surface area contributed by atoms with Crippen LogP contribution in [0.25, 0.3) is 0 Å². The number of nitrogens with two attached hydrogens (primary N) is 1. The van der Waals surface area contributed by atoms with Gasteiger partial charge in [-0.05, 0) is 27.9 Å². The highest BCUT2D eigenvalue weighted by Gasteiger charge is 2.26. The van der Waals surface area contributed by atoms with Crippen LogP contribution < -0.4 is 5.73 Å². The summed E-state index contributed by atoms with van der Waals surface area (Å²) in [6, 6.07) is 9.76. The Kier molecular flexibility index (Phi) is 5.34. The lowest BCUT2D eigenvalue weighted by Gasteiger charge is -2.24. The van der Waals surface area contributed by atoms with E-state index < -0.39 is 0 Å². The van der Waals surface area contributed by atoms with Gasteiger partial charge in [-0.2, -0.15) is 5.10 Å². The summed E-state index contributed by atoms with van der Waals surface area (Å²) in [4.78, 5) is 0. The number of hydrogen-bond donors (Lipinski definition) is 1. The summed E-state index contributed by atoms with van der Waals surface area (Å²) in [5, 5.41) is 4.37. The number of aryl methyl sites for hydroxylation is 1. The maximum atomic E-state index is 6.44. The molecule has 1 aromatic heterocycles. The average Bonchev–Trinajstić information content (AvgIpc) is 2.82. The predicted octanol–water partition coefficient (Wildman–Crippen LogP) is 3.44. The molecule has 20 heavy (non-hydrogen) atoms. The summed E-state index contributed by atoms with van der Waals surface area (Å²) >= 11 is 3.54. The van der Waals surface area contributed by atoms with Gasteiger partial charge in [-0.1, -0.05) is 37.3 Å². The van der Waals surface area contributed by atoms with E-state index >= 15 is 0 Å². The number of benzene rings is 1. The third-order valence-corrected chi connectivity index (χ3v) is 3.90. The van der Waals surface area contributed by atoms with Crippen molar-refractivity contribution in [1.29, 1.82) is 0 Å². The molecule has 108 valence electrons. The molecule has 4 nitrogen and oxygen atoms in total. The SMILES string of the molecule is CCCn1ncc(Br)c1C(N)C(OC)c1ccccc1. The highest BCUT2D eigenvalue weighted by atomic mass is 79.9. The first-order valence-electron chi connectivity index (χ1n) is 6.73. The van der Waals surface area contributed by atoms with E-state index in [0.29, 0.717) is 0 Å². The number of methoxy groups -OCH3 is 1.